The minimum atomic E-state index is -0.676. The third-order valence-corrected chi connectivity index (χ3v) is 8.43. The van der Waals surface area contributed by atoms with Crippen molar-refractivity contribution in [1.82, 2.24) is 9.55 Å². The first kappa shape index (κ1) is 24.1. The minimum absolute atomic E-state index is 0.0776. The largest absolute Gasteiger partial charge is 0.481 e. The molecule has 1 amide bonds. The average Bonchev–Trinajstić information content (AvgIpc) is 3.26. The molecule has 0 radical (unpaired) electrons. The van der Waals surface area contributed by atoms with Gasteiger partial charge in [0, 0.05) is 37.3 Å². The van der Waals surface area contributed by atoms with Gasteiger partial charge in [0.15, 0.2) is 0 Å². The van der Waals surface area contributed by atoms with Crippen LogP contribution in [0, 0.1) is 11.8 Å². The number of methoxy groups -OCH3 is 1. The van der Waals surface area contributed by atoms with E-state index in [0.29, 0.717) is 18.8 Å². The Hall–Kier alpha value is -2.61. The number of imidazole rings is 1. The van der Waals surface area contributed by atoms with Gasteiger partial charge in [0.2, 0.25) is 0 Å². The van der Waals surface area contributed by atoms with Gasteiger partial charge in [0.05, 0.1) is 29.7 Å². The number of amides is 1. The van der Waals surface area contributed by atoms with Gasteiger partial charge >= 0.3 is 12.1 Å². The Kier molecular flexibility index (Phi) is 7.00. The Balaban J connectivity index is 1.52. The molecule has 1 saturated heterocycles. The molecule has 35 heavy (non-hydrogen) atoms. The van der Waals surface area contributed by atoms with E-state index in [2.05, 4.69) is 17.6 Å². The first-order chi connectivity index (χ1) is 17.0. The van der Waals surface area contributed by atoms with Crippen molar-refractivity contribution in [3.05, 3.63) is 23.5 Å². The summed E-state index contributed by atoms with van der Waals surface area (Å²) in [5.74, 6) is 0.839. The summed E-state index contributed by atoms with van der Waals surface area (Å²) >= 11 is 0. The summed E-state index contributed by atoms with van der Waals surface area (Å²) in [6, 6.07) is 4.50. The van der Waals surface area contributed by atoms with Gasteiger partial charge in [-0.05, 0) is 82.8 Å². The van der Waals surface area contributed by atoms with Crippen molar-refractivity contribution in [1.29, 1.82) is 0 Å². The molecule has 8 heteroatoms. The van der Waals surface area contributed by atoms with E-state index in [1.165, 1.54) is 7.11 Å². The van der Waals surface area contributed by atoms with Crippen LogP contribution < -0.4 is 4.90 Å². The van der Waals surface area contributed by atoms with Gasteiger partial charge in [-0.25, -0.2) is 9.78 Å². The van der Waals surface area contributed by atoms with E-state index in [-0.39, 0.29) is 24.1 Å². The standard InChI is InChI=1S/C27H37N3O5/c1-17-3-9-21-22(29(17)27(33)34-2)10-11-23-25(21)28-24(12-4-18-13-15-35-16-14-18)30(23)20-7-5-19(6-8-20)26(31)32/h10-11,17-20H,3-9,12-16H2,1-2H3,(H,31,32). The number of carbonyl (C=O) groups excluding carboxylic acids is 1. The van der Waals surface area contributed by atoms with Gasteiger partial charge in [0.1, 0.15) is 5.82 Å². The van der Waals surface area contributed by atoms with Crippen molar-refractivity contribution in [3.8, 4) is 0 Å². The zero-order valence-electron chi connectivity index (χ0n) is 20.9. The Bertz CT molecular complexity index is 1080. The van der Waals surface area contributed by atoms with Gasteiger partial charge in [-0.15, -0.1) is 0 Å². The normalized spacial score (nSPS) is 25.4. The van der Waals surface area contributed by atoms with Gasteiger partial charge in [-0.3, -0.25) is 9.69 Å². The number of hydrogen-bond acceptors (Lipinski definition) is 5. The number of aryl methyl sites for hydroxylation is 2. The summed E-state index contributed by atoms with van der Waals surface area (Å²) in [6.07, 6.45) is 8.74. The number of carboxylic acid groups (broad SMARTS) is 1. The predicted molar refractivity (Wildman–Crippen MR) is 133 cm³/mol. The van der Waals surface area contributed by atoms with E-state index in [0.717, 1.165) is 92.7 Å². The van der Waals surface area contributed by atoms with Gasteiger partial charge in [-0.1, -0.05) is 0 Å². The fourth-order valence-electron chi connectivity index (χ4n) is 6.36. The number of rotatable bonds is 5. The molecule has 190 valence electrons. The van der Waals surface area contributed by atoms with Crippen molar-refractivity contribution >= 4 is 28.8 Å². The lowest BCUT2D eigenvalue weighted by Crippen LogP contribution is -2.42. The Labute approximate surface area is 206 Å². The topological polar surface area (TPSA) is 93.9 Å². The number of benzene rings is 1. The molecule has 5 rings (SSSR count). The zero-order valence-corrected chi connectivity index (χ0v) is 20.9. The Morgan fingerprint density at radius 2 is 1.86 bits per heavy atom. The summed E-state index contributed by atoms with van der Waals surface area (Å²) < 4.78 is 13.0. The summed E-state index contributed by atoms with van der Waals surface area (Å²) in [7, 11) is 1.43. The molecular formula is C27H37N3O5. The Morgan fingerprint density at radius 3 is 2.54 bits per heavy atom. The number of carbonyl (C=O) groups is 2. The molecule has 2 aliphatic heterocycles. The maximum absolute atomic E-state index is 12.6. The van der Waals surface area contributed by atoms with Crippen LogP contribution in [0.4, 0.5) is 10.5 Å². The third kappa shape index (κ3) is 4.65. The van der Waals surface area contributed by atoms with Crippen molar-refractivity contribution in [2.24, 2.45) is 11.8 Å². The quantitative estimate of drug-likeness (QED) is 0.634. The number of aliphatic carboxylic acids is 1. The molecule has 1 unspecified atom stereocenters. The number of aromatic nitrogens is 2. The summed E-state index contributed by atoms with van der Waals surface area (Å²) in [5, 5.41) is 9.48. The number of hydrogen-bond donors (Lipinski definition) is 1. The fraction of sp³-hybridized carbons (Fsp3) is 0.667. The van der Waals surface area contributed by atoms with Crippen molar-refractivity contribution in [2.45, 2.75) is 83.2 Å². The molecule has 3 heterocycles. The van der Waals surface area contributed by atoms with Crippen LogP contribution in [-0.2, 0) is 27.1 Å². The zero-order chi connectivity index (χ0) is 24.5. The monoisotopic (exact) mass is 483 g/mol. The van der Waals surface area contributed by atoms with E-state index >= 15 is 0 Å². The van der Waals surface area contributed by atoms with E-state index in [9.17, 15) is 14.7 Å². The molecule has 1 N–H and O–H groups in total. The van der Waals surface area contributed by atoms with Crippen LogP contribution in [0.25, 0.3) is 11.0 Å². The van der Waals surface area contributed by atoms with Gasteiger partial charge < -0.3 is 19.1 Å². The minimum Gasteiger partial charge on any atom is -0.481 e. The lowest BCUT2D eigenvalue weighted by Gasteiger charge is -2.34. The molecule has 0 spiro atoms. The second kappa shape index (κ2) is 10.2. The highest BCUT2D eigenvalue weighted by atomic mass is 16.5. The van der Waals surface area contributed by atoms with Crippen LogP contribution in [-0.4, -0.2) is 53.1 Å². The van der Waals surface area contributed by atoms with E-state index in [1.54, 1.807) is 4.90 Å². The molecule has 2 aromatic rings. The molecule has 1 saturated carbocycles. The van der Waals surface area contributed by atoms with Crippen LogP contribution in [0.5, 0.6) is 0 Å². The SMILES string of the molecule is COC(=O)N1c2ccc3c(nc(CCC4CCOCC4)n3C3CCC(C(=O)O)CC3)c2CCC1C. The first-order valence-electron chi connectivity index (χ1n) is 13.2. The van der Waals surface area contributed by atoms with E-state index < -0.39 is 5.97 Å². The Morgan fingerprint density at radius 1 is 1.11 bits per heavy atom. The van der Waals surface area contributed by atoms with Crippen molar-refractivity contribution in [3.63, 3.8) is 0 Å². The molecule has 1 atom stereocenters. The van der Waals surface area contributed by atoms with E-state index in [4.69, 9.17) is 14.5 Å². The van der Waals surface area contributed by atoms with Crippen molar-refractivity contribution < 1.29 is 24.2 Å². The molecule has 1 aromatic carbocycles. The van der Waals surface area contributed by atoms with Crippen LogP contribution in [0.2, 0.25) is 0 Å². The molecule has 2 fully saturated rings. The van der Waals surface area contributed by atoms with Gasteiger partial charge in [-0.2, -0.15) is 0 Å². The lowest BCUT2D eigenvalue weighted by molar-refractivity contribution is -0.143. The maximum atomic E-state index is 12.6. The highest BCUT2D eigenvalue weighted by Gasteiger charge is 2.33. The maximum Gasteiger partial charge on any atom is 0.414 e. The third-order valence-electron chi connectivity index (χ3n) is 8.43. The lowest BCUT2D eigenvalue weighted by atomic mass is 9.85. The molecule has 8 nitrogen and oxygen atoms in total. The summed E-state index contributed by atoms with van der Waals surface area (Å²) in [4.78, 5) is 31.1. The summed E-state index contributed by atoms with van der Waals surface area (Å²) in [6.45, 7) is 3.74. The smallest absolute Gasteiger partial charge is 0.414 e. The molecule has 0 bridgehead atoms. The highest BCUT2D eigenvalue weighted by molar-refractivity contribution is 5.95. The fourth-order valence-corrected chi connectivity index (χ4v) is 6.36. The number of nitrogens with zero attached hydrogens (tertiary/aromatic N) is 3. The molecular weight excluding hydrogens is 446 g/mol. The first-order valence-corrected chi connectivity index (χ1v) is 13.2. The number of ether oxygens (including phenoxy) is 2. The number of anilines is 1. The molecule has 1 aliphatic carbocycles. The molecule has 3 aliphatic rings. The predicted octanol–water partition coefficient (Wildman–Crippen LogP) is 5.12. The second-order valence-corrected chi connectivity index (χ2v) is 10.5. The van der Waals surface area contributed by atoms with Crippen molar-refractivity contribution in [2.75, 3.05) is 25.2 Å². The van der Waals surface area contributed by atoms with Crippen LogP contribution >= 0.6 is 0 Å². The summed E-state index contributed by atoms with van der Waals surface area (Å²) in [5.41, 5.74) is 4.13. The van der Waals surface area contributed by atoms with Gasteiger partial charge in [0.25, 0.3) is 0 Å². The van der Waals surface area contributed by atoms with E-state index in [1.807, 2.05) is 6.07 Å². The van der Waals surface area contributed by atoms with Crippen LogP contribution in [0.15, 0.2) is 12.1 Å². The van der Waals surface area contributed by atoms with Crippen LogP contribution in [0.3, 0.4) is 0 Å². The van der Waals surface area contributed by atoms with Crippen LogP contribution in [0.1, 0.15) is 75.7 Å². The number of carboxylic acids is 1. The average molecular weight is 484 g/mol. The number of fused-ring (bicyclic) bond motifs is 3. The second-order valence-electron chi connectivity index (χ2n) is 10.5. The highest BCUT2D eigenvalue weighted by Crippen LogP contribution is 2.40. The molecule has 1 aromatic heterocycles.